The summed E-state index contributed by atoms with van der Waals surface area (Å²) in [4.78, 5) is 26.5. The van der Waals surface area contributed by atoms with Gasteiger partial charge in [0.15, 0.2) is 17.3 Å². The third-order valence-electron chi connectivity index (χ3n) is 6.20. The molecule has 2 N–H and O–H groups in total. The maximum Gasteiger partial charge on any atom is 0.336 e. The summed E-state index contributed by atoms with van der Waals surface area (Å²) in [7, 11) is 1.46. The van der Waals surface area contributed by atoms with E-state index in [9.17, 15) is 14.7 Å². The van der Waals surface area contributed by atoms with Crippen LogP contribution in [0.5, 0.6) is 11.5 Å². The van der Waals surface area contributed by atoms with Crippen molar-refractivity contribution in [3.05, 3.63) is 81.2 Å². The molecule has 6 nitrogen and oxygen atoms in total. The van der Waals surface area contributed by atoms with Crippen molar-refractivity contribution < 1.29 is 24.2 Å². The zero-order valence-electron chi connectivity index (χ0n) is 18.8. The molecule has 33 heavy (non-hydrogen) atoms. The number of benzene rings is 2. The lowest BCUT2D eigenvalue weighted by Crippen LogP contribution is -2.36. The molecule has 0 spiro atoms. The van der Waals surface area contributed by atoms with Gasteiger partial charge in [-0.1, -0.05) is 29.8 Å². The fourth-order valence-corrected chi connectivity index (χ4v) is 4.82. The lowest BCUT2D eigenvalue weighted by atomic mass is 9.71. The summed E-state index contributed by atoms with van der Waals surface area (Å²) in [6, 6.07) is 12.4. The van der Waals surface area contributed by atoms with Crippen molar-refractivity contribution in [1.82, 2.24) is 5.32 Å². The first-order valence-corrected chi connectivity index (χ1v) is 11.2. The maximum atomic E-state index is 13.5. The van der Waals surface area contributed by atoms with Crippen molar-refractivity contribution >= 4 is 23.4 Å². The average molecular weight is 468 g/mol. The number of carbonyl (C=O) groups excluding carboxylic acids is 2. The number of Topliss-reactive ketones (excluding diaryl/α,β-unsaturated/α-hetero) is 1. The van der Waals surface area contributed by atoms with Crippen LogP contribution in [0, 0.1) is 0 Å². The fourth-order valence-electron chi connectivity index (χ4n) is 4.70. The predicted molar refractivity (Wildman–Crippen MR) is 125 cm³/mol. The van der Waals surface area contributed by atoms with Crippen molar-refractivity contribution in [3.8, 4) is 11.5 Å². The van der Waals surface area contributed by atoms with Crippen LogP contribution in [0.15, 0.2) is 65.0 Å². The summed E-state index contributed by atoms with van der Waals surface area (Å²) in [5, 5.41) is 14.0. The Morgan fingerprint density at radius 1 is 1.15 bits per heavy atom. The number of phenolic OH excluding ortho intramolecular Hbond substituents is 1. The first-order valence-electron chi connectivity index (χ1n) is 10.9. The Balaban J connectivity index is 1.82. The Morgan fingerprint density at radius 2 is 1.85 bits per heavy atom. The second-order valence-electron chi connectivity index (χ2n) is 8.22. The van der Waals surface area contributed by atoms with E-state index in [0.717, 1.165) is 11.3 Å². The molecule has 0 unspecified atom stereocenters. The number of ketones is 1. The van der Waals surface area contributed by atoms with Crippen molar-refractivity contribution in [1.29, 1.82) is 0 Å². The van der Waals surface area contributed by atoms with Gasteiger partial charge in [-0.25, -0.2) is 4.79 Å². The molecule has 1 heterocycles. The van der Waals surface area contributed by atoms with Gasteiger partial charge in [-0.2, -0.15) is 0 Å². The minimum absolute atomic E-state index is 0.00737. The van der Waals surface area contributed by atoms with Gasteiger partial charge in [0.25, 0.3) is 0 Å². The van der Waals surface area contributed by atoms with Crippen molar-refractivity contribution in [3.63, 3.8) is 0 Å². The molecule has 0 saturated carbocycles. The van der Waals surface area contributed by atoms with Crippen LogP contribution in [0.4, 0.5) is 0 Å². The Morgan fingerprint density at radius 3 is 2.52 bits per heavy atom. The summed E-state index contributed by atoms with van der Waals surface area (Å²) in [5.41, 5.74) is 4.12. The molecule has 0 bridgehead atoms. The van der Waals surface area contributed by atoms with Crippen LogP contribution in [0.1, 0.15) is 49.7 Å². The monoisotopic (exact) mass is 467 g/mol. The van der Waals surface area contributed by atoms with Crippen LogP contribution in [0.25, 0.3) is 0 Å². The second-order valence-corrected chi connectivity index (χ2v) is 8.66. The fraction of sp³-hybridized carbons (Fsp3) is 0.308. The van der Waals surface area contributed by atoms with Crippen LogP contribution >= 0.6 is 11.6 Å². The van der Waals surface area contributed by atoms with Crippen molar-refractivity contribution in [2.75, 3.05) is 13.7 Å². The van der Waals surface area contributed by atoms with E-state index in [4.69, 9.17) is 21.1 Å². The lowest BCUT2D eigenvalue weighted by molar-refractivity contribution is -0.138. The lowest BCUT2D eigenvalue weighted by Gasteiger charge is -2.36. The second kappa shape index (κ2) is 9.32. The highest BCUT2D eigenvalue weighted by Gasteiger charge is 2.41. The van der Waals surface area contributed by atoms with Gasteiger partial charge >= 0.3 is 5.97 Å². The summed E-state index contributed by atoms with van der Waals surface area (Å²) < 4.78 is 10.6. The normalized spacial score (nSPS) is 20.3. The molecular weight excluding hydrogens is 442 g/mol. The largest absolute Gasteiger partial charge is 0.504 e. The van der Waals surface area contributed by atoms with E-state index in [1.807, 2.05) is 31.2 Å². The standard InChI is InChI=1S/C26H26ClNO5/c1-4-33-26(31)23-14(2)28-19-11-17(15-5-8-18(27)9-6-15)12-21(30)25(19)24(23)16-7-10-20(29)22(13-16)32-3/h5-10,13,17,24,28-29H,4,11-12H2,1-3H3/t17-,24-/m0/s1. The van der Waals surface area contributed by atoms with Crippen LogP contribution in [0.2, 0.25) is 5.02 Å². The van der Waals surface area contributed by atoms with E-state index in [-0.39, 0.29) is 29.8 Å². The summed E-state index contributed by atoms with van der Waals surface area (Å²) in [5.74, 6) is -0.855. The van der Waals surface area contributed by atoms with E-state index < -0.39 is 11.9 Å². The van der Waals surface area contributed by atoms with Crippen molar-refractivity contribution in [2.45, 2.75) is 38.5 Å². The highest BCUT2D eigenvalue weighted by molar-refractivity contribution is 6.30. The quantitative estimate of drug-likeness (QED) is 0.603. The number of rotatable bonds is 5. The number of phenols is 1. The van der Waals surface area contributed by atoms with Gasteiger partial charge < -0.3 is 19.9 Å². The Kier molecular flexibility index (Phi) is 6.47. The molecule has 0 saturated heterocycles. The number of halogens is 1. The molecular formula is C26H26ClNO5. The van der Waals surface area contributed by atoms with Gasteiger partial charge in [-0.3, -0.25) is 4.79 Å². The zero-order valence-corrected chi connectivity index (χ0v) is 19.5. The number of dihydropyridines is 1. The van der Waals surface area contributed by atoms with Crippen LogP contribution in [-0.2, 0) is 14.3 Å². The number of nitrogens with one attached hydrogen (secondary N) is 1. The van der Waals surface area contributed by atoms with Crippen LogP contribution < -0.4 is 10.1 Å². The maximum absolute atomic E-state index is 13.5. The van der Waals surface area contributed by atoms with E-state index in [0.29, 0.717) is 40.3 Å². The Hall–Kier alpha value is -3.25. The number of esters is 1. The number of carbonyl (C=O) groups is 2. The van der Waals surface area contributed by atoms with E-state index in [2.05, 4.69) is 5.32 Å². The summed E-state index contributed by atoms with van der Waals surface area (Å²) in [6.07, 6.45) is 0.949. The minimum Gasteiger partial charge on any atom is -0.504 e. The highest BCUT2D eigenvalue weighted by atomic mass is 35.5. The molecule has 2 aliphatic rings. The molecule has 0 amide bonds. The highest BCUT2D eigenvalue weighted by Crippen LogP contribution is 2.46. The number of hydrogen-bond donors (Lipinski definition) is 2. The van der Waals surface area contributed by atoms with Crippen molar-refractivity contribution in [2.24, 2.45) is 0 Å². The van der Waals surface area contributed by atoms with Gasteiger partial charge in [-0.05, 0) is 61.6 Å². The molecule has 2 aromatic rings. The van der Waals surface area contributed by atoms with Crippen LogP contribution in [-0.4, -0.2) is 30.6 Å². The SMILES string of the molecule is CCOC(=O)C1=C(C)NC2=C(C(=O)C[C@@H](c3ccc(Cl)cc3)C2)[C@H]1c1ccc(O)c(OC)c1. The number of methoxy groups -OCH3 is 1. The van der Waals surface area contributed by atoms with Gasteiger partial charge in [0.2, 0.25) is 0 Å². The molecule has 172 valence electrons. The van der Waals surface area contributed by atoms with Gasteiger partial charge in [-0.15, -0.1) is 0 Å². The number of hydrogen-bond acceptors (Lipinski definition) is 6. The Labute approximate surface area is 197 Å². The van der Waals surface area contributed by atoms with E-state index >= 15 is 0 Å². The predicted octanol–water partition coefficient (Wildman–Crippen LogP) is 4.98. The van der Waals surface area contributed by atoms with Gasteiger partial charge in [0.1, 0.15) is 0 Å². The molecule has 0 fully saturated rings. The minimum atomic E-state index is -0.617. The first kappa shape index (κ1) is 22.9. The number of allylic oxidation sites excluding steroid dienone is 3. The molecule has 1 aliphatic heterocycles. The third kappa shape index (κ3) is 4.35. The molecule has 7 heteroatoms. The average Bonchev–Trinajstić information content (AvgIpc) is 2.79. The molecule has 0 radical (unpaired) electrons. The van der Waals surface area contributed by atoms with Crippen LogP contribution in [0.3, 0.4) is 0 Å². The smallest absolute Gasteiger partial charge is 0.336 e. The molecule has 2 aromatic carbocycles. The third-order valence-corrected chi connectivity index (χ3v) is 6.45. The molecule has 0 aromatic heterocycles. The Bertz CT molecular complexity index is 1170. The van der Waals surface area contributed by atoms with E-state index in [1.165, 1.54) is 13.2 Å². The first-order chi connectivity index (χ1) is 15.8. The summed E-state index contributed by atoms with van der Waals surface area (Å²) >= 11 is 6.04. The topological polar surface area (TPSA) is 84.9 Å². The molecule has 4 rings (SSSR count). The molecule has 1 aliphatic carbocycles. The zero-order chi connectivity index (χ0) is 23.7. The van der Waals surface area contributed by atoms with Gasteiger partial charge in [0, 0.05) is 34.3 Å². The van der Waals surface area contributed by atoms with Gasteiger partial charge in [0.05, 0.1) is 19.3 Å². The number of aromatic hydroxyl groups is 1. The van der Waals surface area contributed by atoms with E-state index in [1.54, 1.807) is 19.1 Å². The summed E-state index contributed by atoms with van der Waals surface area (Å²) in [6.45, 7) is 3.78. The molecule has 2 atom stereocenters. The number of ether oxygens (including phenoxy) is 2.